The average molecular weight is 1260 g/mol. The Morgan fingerprint density at radius 2 is 1.15 bits per heavy atom. The topological polar surface area (TPSA) is 419 Å². The fourth-order valence-corrected chi connectivity index (χ4v) is 17.7. The van der Waals surface area contributed by atoms with E-state index in [0.29, 0.717) is 44.9 Å². The zero-order chi connectivity index (χ0) is 64.3. The summed E-state index contributed by atoms with van der Waals surface area (Å²) in [6.45, 7) is 15.8. The summed E-state index contributed by atoms with van der Waals surface area (Å²) in [5.74, 6) is -1.56. The molecule has 0 aromatic rings. The monoisotopic (exact) mass is 1260 g/mol. The fourth-order valence-electron chi connectivity index (χ4n) is 17.7. The molecule has 0 aromatic carbocycles. The summed E-state index contributed by atoms with van der Waals surface area (Å²) >= 11 is 0. The highest BCUT2D eigenvalue weighted by atomic mass is 16.8. The molecule has 88 heavy (non-hydrogen) atoms. The number of aliphatic hydroxyl groups excluding tert-OH is 14. The number of fused-ring (bicyclic) bond motifs is 7. The van der Waals surface area contributed by atoms with Crippen LogP contribution in [0.2, 0.25) is 0 Å². The third-order valence-corrected chi connectivity index (χ3v) is 23.6. The Hall–Kier alpha value is -2.24. The normalized spacial score (nSPS) is 53.7. The largest absolute Gasteiger partial charge is 0.463 e. The second-order valence-electron chi connectivity index (χ2n) is 29.1. The molecule has 4 saturated carbocycles. The first-order valence-corrected chi connectivity index (χ1v) is 31.5. The van der Waals surface area contributed by atoms with Gasteiger partial charge in [0.25, 0.3) is 0 Å². The molecular weight excluding hydrogens is 1160 g/mol. The number of esters is 2. The van der Waals surface area contributed by atoms with Crippen LogP contribution in [-0.4, -0.2) is 263 Å². The van der Waals surface area contributed by atoms with Gasteiger partial charge in [0.1, 0.15) is 110 Å². The molecular formula is C61H98O27. The van der Waals surface area contributed by atoms with Crippen LogP contribution in [0.25, 0.3) is 0 Å². The predicted octanol–water partition coefficient (Wildman–Crippen LogP) is -1.97. The molecule has 0 aromatic heterocycles. The third-order valence-electron chi connectivity index (χ3n) is 23.6. The van der Waals surface area contributed by atoms with Crippen molar-refractivity contribution in [3.05, 3.63) is 11.6 Å². The molecule has 504 valence electrons. The highest BCUT2D eigenvalue weighted by Crippen LogP contribution is 2.76. The van der Waals surface area contributed by atoms with E-state index in [1.165, 1.54) is 13.8 Å². The zero-order valence-electron chi connectivity index (χ0n) is 51.7. The van der Waals surface area contributed by atoms with E-state index in [1.807, 2.05) is 6.92 Å². The van der Waals surface area contributed by atoms with Gasteiger partial charge in [-0.15, -0.1) is 0 Å². The summed E-state index contributed by atoms with van der Waals surface area (Å²) < 4.78 is 65.2. The van der Waals surface area contributed by atoms with Crippen LogP contribution in [0.15, 0.2) is 11.6 Å². The fraction of sp³-hybridized carbons (Fsp3) is 0.934. The number of allylic oxidation sites excluding steroid dienone is 2. The highest BCUT2D eigenvalue weighted by molar-refractivity contribution is 5.79. The Bertz CT molecular complexity index is 2490. The van der Waals surface area contributed by atoms with Crippen LogP contribution in [0.1, 0.15) is 127 Å². The molecule has 5 aliphatic heterocycles. The standard InChI is InChI=1S/C61H98O27/c1-25-36(65)40(69)44(73)51(81-25)86-48-32(23-78-27(3)63)84-50(47(76)43(48)72)80-22-31-39(68)42(71)46(75)53(83-31)88-55(77)61-18-16-57(6,24-62)20-29(61)28-10-11-34-58(7)14-13-35(56(4,5)33(58)12-15-60(34,9)59(28,8)17-19-61)85-54-49(38(67)30(64)21-79-54)87-52-45(74)41(70)37(66)26(2)82-52/h10,25-26,29-54,62,64-76H,11-24H2,1-9H3/t25-,26-,29-,30-,31+,32+,33-,34+,35-,36-,37-,38-,39+,40+,41+,42-,43+,44+,45+,46+,47+,48+,49+,50+,51-,52-,53-,54-,57+,58-,59+,60+,61-/m0/s1. The van der Waals surface area contributed by atoms with Crippen molar-refractivity contribution in [3.63, 3.8) is 0 Å². The van der Waals surface area contributed by atoms with E-state index in [1.54, 1.807) is 0 Å². The van der Waals surface area contributed by atoms with E-state index in [9.17, 15) is 76.3 Å². The van der Waals surface area contributed by atoms with Crippen molar-refractivity contribution in [1.29, 1.82) is 0 Å². The number of hydrogen-bond donors (Lipinski definition) is 14. The molecule has 33 atom stereocenters. The highest BCUT2D eigenvalue weighted by Gasteiger charge is 2.70. The number of ether oxygens (including phenoxy) is 11. The Kier molecular flexibility index (Phi) is 19.9. The molecule has 5 aliphatic carbocycles. The van der Waals surface area contributed by atoms with Crippen molar-refractivity contribution < 1.29 is 133 Å². The number of rotatable bonds is 14. The van der Waals surface area contributed by atoms with Crippen molar-refractivity contribution >= 4 is 11.9 Å². The number of carbonyl (C=O) groups excluding carboxylic acids is 2. The molecule has 0 spiro atoms. The van der Waals surface area contributed by atoms with Crippen molar-refractivity contribution in [2.45, 2.75) is 280 Å². The van der Waals surface area contributed by atoms with Crippen molar-refractivity contribution in [2.24, 2.45) is 50.2 Å². The van der Waals surface area contributed by atoms with Gasteiger partial charge in [-0.2, -0.15) is 0 Å². The number of carbonyl (C=O) groups is 2. The van der Waals surface area contributed by atoms with Crippen LogP contribution in [0.3, 0.4) is 0 Å². The van der Waals surface area contributed by atoms with E-state index in [0.717, 1.165) is 31.8 Å². The van der Waals surface area contributed by atoms with E-state index >= 15 is 4.79 Å². The van der Waals surface area contributed by atoms with Gasteiger partial charge in [-0.25, -0.2) is 0 Å². The van der Waals surface area contributed by atoms with Crippen LogP contribution < -0.4 is 0 Å². The lowest BCUT2D eigenvalue weighted by Gasteiger charge is -2.71. The molecule has 10 aliphatic rings. The average Bonchev–Trinajstić information content (AvgIpc) is 0.687. The van der Waals surface area contributed by atoms with Crippen molar-refractivity contribution in [2.75, 3.05) is 26.4 Å². The van der Waals surface area contributed by atoms with Crippen LogP contribution in [0, 0.1) is 50.2 Å². The van der Waals surface area contributed by atoms with Gasteiger partial charge in [0, 0.05) is 13.5 Å². The van der Waals surface area contributed by atoms with Gasteiger partial charge in [-0.3, -0.25) is 9.59 Å². The van der Waals surface area contributed by atoms with Gasteiger partial charge in [-0.1, -0.05) is 53.2 Å². The smallest absolute Gasteiger partial charge is 0.315 e. The Balaban J connectivity index is 0.838. The SMILES string of the molecule is CC(=O)OC[C@H]1O[C@@H](OC[C@H]2O[C@@H](OC(=O)[C@]34CC[C@@](C)(CO)C[C@H]3C3=CC[C@@H]5[C@@]6(C)CC[C@H](O[C@@H]7OC[C@H](O)[C@H](O)[C@H]7O[C@@H]7O[C@@H](C)[C@H](O)[C@@H](O)[C@H]7O)C(C)(C)[C@@H]6CC[C@@]5(C)[C@]3(C)CC4)[C@H](O)[C@@H](O)[C@@H]2O)[C@H](O)[C@@H](O)[C@@H]1O[C@@H]1O[C@@H](C)[C@H](O)[C@@H](O)[C@H]1O. The molecule has 27 heteroatoms. The summed E-state index contributed by atoms with van der Waals surface area (Å²) in [5, 5.41) is 153. The molecule has 0 bridgehead atoms. The van der Waals surface area contributed by atoms with Gasteiger partial charge >= 0.3 is 11.9 Å². The number of aliphatic hydroxyl groups is 14. The molecule has 5 heterocycles. The molecule has 0 amide bonds. The lowest BCUT2D eigenvalue weighted by Crippen LogP contribution is -2.66. The maximum absolute atomic E-state index is 15.3. The first kappa shape index (κ1) is 68.6. The van der Waals surface area contributed by atoms with E-state index in [2.05, 4.69) is 40.7 Å². The van der Waals surface area contributed by atoms with Crippen molar-refractivity contribution in [1.82, 2.24) is 0 Å². The van der Waals surface area contributed by atoms with Crippen LogP contribution >= 0.6 is 0 Å². The van der Waals surface area contributed by atoms with E-state index < -0.39 is 206 Å². The molecule has 9 fully saturated rings. The lowest BCUT2D eigenvalue weighted by molar-refractivity contribution is -0.364. The van der Waals surface area contributed by atoms with Gasteiger partial charge in [0.15, 0.2) is 25.2 Å². The molecule has 0 unspecified atom stereocenters. The quantitative estimate of drug-likeness (QED) is 0.0509. The maximum Gasteiger partial charge on any atom is 0.315 e. The summed E-state index contributed by atoms with van der Waals surface area (Å²) in [6.07, 6.45) is -29.9. The predicted molar refractivity (Wildman–Crippen MR) is 298 cm³/mol. The van der Waals surface area contributed by atoms with Gasteiger partial charge in [0.05, 0.1) is 36.9 Å². The third kappa shape index (κ3) is 11.8. The second kappa shape index (κ2) is 25.5. The van der Waals surface area contributed by atoms with Crippen LogP contribution in [-0.2, 0) is 61.7 Å². The molecule has 0 radical (unpaired) electrons. The van der Waals surface area contributed by atoms with E-state index in [4.69, 9.17) is 52.1 Å². The van der Waals surface area contributed by atoms with Crippen LogP contribution in [0.5, 0.6) is 0 Å². The molecule has 10 rings (SSSR count). The zero-order valence-corrected chi connectivity index (χ0v) is 51.7. The van der Waals surface area contributed by atoms with Gasteiger partial charge < -0.3 is 124 Å². The first-order valence-electron chi connectivity index (χ1n) is 31.5. The Labute approximate surface area is 512 Å². The van der Waals surface area contributed by atoms with E-state index in [-0.39, 0.29) is 35.9 Å². The van der Waals surface area contributed by atoms with Crippen LogP contribution in [0.4, 0.5) is 0 Å². The molecule has 5 saturated heterocycles. The van der Waals surface area contributed by atoms with Gasteiger partial charge in [-0.05, 0) is 123 Å². The second-order valence-corrected chi connectivity index (χ2v) is 29.1. The summed E-state index contributed by atoms with van der Waals surface area (Å²) in [6, 6.07) is 0. The minimum atomic E-state index is -1.94. The number of hydrogen-bond acceptors (Lipinski definition) is 27. The summed E-state index contributed by atoms with van der Waals surface area (Å²) in [4.78, 5) is 27.2. The Morgan fingerprint density at radius 1 is 0.568 bits per heavy atom. The molecule has 14 N–H and O–H groups in total. The first-order chi connectivity index (χ1) is 41.2. The Morgan fingerprint density at radius 3 is 1.77 bits per heavy atom. The van der Waals surface area contributed by atoms with Gasteiger partial charge in [0.2, 0.25) is 6.29 Å². The minimum Gasteiger partial charge on any atom is -0.463 e. The van der Waals surface area contributed by atoms with Crippen molar-refractivity contribution in [3.8, 4) is 0 Å². The molecule has 27 nitrogen and oxygen atoms in total. The maximum atomic E-state index is 15.3. The summed E-state index contributed by atoms with van der Waals surface area (Å²) in [5.41, 5.74) is -2.02. The summed E-state index contributed by atoms with van der Waals surface area (Å²) in [7, 11) is 0. The minimum absolute atomic E-state index is 0.128. The lowest BCUT2D eigenvalue weighted by atomic mass is 9.33.